The van der Waals surface area contributed by atoms with Gasteiger partial charge in [-0.15, -0.1) is 0 Å². The standard InChI is InChI=1S/C48H36N2/c1-47(2)39-17-9-5-13-31(39)33-23-21-29(25-41(33)47)49-43-19-11-7-15-35(43)37-27-38-36-16-8-12-20-44(36)50(46(38)28-45(37)49)30-22-24-34-32-14-6-10-18-40(32)48(3,4)42(34)26-30/h5-28H,1-4H3. The van der Waals surface area contributed by atoms with E-state index in [0.29, 0.717) is 0 Å². The smallest absolute Gasteiger partial charge is 0.0562 e. The molecule has 0 atom stereocenters. The average Bonchev–Trinajstić information content (AvgIpc) is 3.79. The summed E-state index contributed by atoms with van der Waals surface area (Å²) in [6.07, 6.45) is 0. The Morgan fingerprint density at radius 3 is 1.20 bits per heavy atom. The van der Waals surface area contributed by atoms with Crippen LogP contribution >= 0.6 is 0 Å². The van der Waals surface area contributed by atoms with Gasteiger partial charge in [-0.1, -0.05) is 125 Å². The van der Waals surface area contributed by atoms with Crippen LogP contribution in [0.15, 0.2) is 146 Å². The summed E-state index contributed by atoms with van der Waals surface area (Å²) in [4.78, 5) is 0. The number of aromatic nitrogens is 2. The van der Waals surface area contributed by atoms with E-state index in [0.717, 1.165) is 0 Å². The lowest BCUT2D eigenvalue weighted by atomic mass is 9.82. The quantitative estimate of drug-likeness (QED) is 0.178. The van der Waals surface area contributed by atoms with Crippen LogP contribution in [-0.2, 0) is 10.8 Å². The van der Waals surface area contributed by atoms with Crippen LogP contribution in [0.3, 0.4) is 0 Å². The molecule has 0 saturated carbocycles. The number of benzene rings is 7. The molecular formula is C48H36N2. The Labute approximate surface area is 291 Å². The van der Waals surface area contributed by atoms with Gasteiger partial charge in [-0.3, -0.25) is 0 Å². The molecule has 2 aromatic heterocycles. The van der Waals surface area contributed by atoms with Gasteiger partial charge in [0, 0.05) is 43.7 Å². The van der Waals surface area contributed by atoms with Crippen LogP contribution < -0.4 is 0 Å². The van der Waals surface area contributed by atoms with Crippen molar-refractivity contribution in [1.29, 1.82) is 0 Å². The average molecular weight is 641 g/mol. The number of para-hydroxylation sites is 2. The Balaban J connectivity index is 1.20. The first-order valence-corrected chi connectivity index (χ1v) is 17.8. The predicted octanol–water partition coefficient (Wildman–Crippen LogP) is 12.5. The van der Waals surface area contributed by atoms with Gasteiger partial charge in [0.25, 0.3) is 0 Å². The first kappa shape index (κ1) is 28.0. The maximum Gasteiger partial charge on any atom is 0.0562 e. The van der Waals surface area contributed by atoms with E-state index in [2.05, 4.69) is 182 Å². The molecule has 2 nitrogen and oxygen atoms in total. The van der Waals surface area contributed by atoms with E-state index >= 15 is 0 Å². The van der Waals surface area contributed by atoms with Crippen molar-refractivity contribution in [2.45, 2.75) is 38.5 Å². The summed E-state index contributed by atoms with van der Waals surface area (Å²) in [5.74, 6) is 0. The second kappa shape index (κ2) is 9.43. The van der Waals surface area contributed by atoms with Gasteiger partial charge in [0.15, 0.2) is 0 Å². The fourth-order valence-electron chi connectivity index (χ4n) is 9.65. The van der Waals surface area contributed by atoms with Crippen molar-refractivity contribution in [3.05, 3.63) is 168 Å². The van der Waals surface area contributed by atoms with Crippen molar-refractivity contribution >= 4 is 43.6 Å². The molecule has 0 spiro atoms. The molecule has 50 heavy (non-hydrogen) atoms. The van der Waals surface area contributed by atoms with Crippen molar-refractivity contribution in [2.75, 3.05) is 0 Å². The Morgan fingerprint density at radius 2 is 0.720 bits per heavy atom. The van der Waals surface area contributed by atoms with Crippen LogP contribution in [0.2, 0.25) is 0 Å². The Hall–Kier alpha value is -5.86. The van der Waals surface area contributed by atoms with Crippen molar-refractivity contribution in [3.8, 4) is 33.6 Å². The van der Waals surface area contributed by atoms with Gasteiger partial charge in [0.05, 0.1) is 22.1 Å². The fourth-order valence-corrected chi connectivity index (χ4v) is 9.65. The third-order valence-corrected chi connectivity index (χ3v) is 12.1. The highest BCUT2D eigenvalue weighted by Gasteiger charge is 2.37. The summed E-state index contributed by atoms with van der Waals surface area (Å²) in [6.45, 7) is 9.47. The lowest BCUT2D eigenvalue weighted by molar-refractivity contribution is 0.660. The molecule has 0 radical (unpaired) electrons. The normalized spacial score (nSPS) is 15.1. The molecule has 0 fully saturated rings. The predicted molar refractivity (Wildman–Crippen MR) is 210 cm³/mol. The minimum atomic E-state index is -0.0681. The lowest BCUT2D eigenvalue weighted by Crippen LogP contribution is -2.15. The van der Waals surface area contributed by atoms with Gasteiger partial charge >= 0.3 is 0 Å². The zero-order chi connectivity index (χ0) is 33.5. The van der Waals surface area contributed by atoms with Crippen LogP contribution in [0.25, 0.3) is 77.2 Å². The minimum Gasteiger partial charge on any atom is -0.309 e. The van der Waals surface area contributed by atoms with E-state index in [1.807, 2.05) is 0 Å². The zero-order valence-corrected chi connectivity index (χ0v) is 28.8. The molecule has 0 amide bonds. The summed E-state index contributed by atoms with van der Waals surface area (Å²) < 4.78 is 4.99. The first-order valence-electron chi connectivity index (χ1n) is 17.8. The maximum absolute atomic E-state index is 2.49. The minimum absolute atomic E-state index is 0.0681. The largest absolute Gasteiger partial charge is 0.309 e. The molecule has 11 rings (SSSR count). The number of rotatable bonds is 2. The van der Waals surface area contributed by atoms with Crippen LogP contribution in [-0.4, -0.2) is 9.13 Å². The molecule has 2 heterocycles. The Kier molecular flexibility index (Phi) is 5.28. The zero-order valence-electron chi connectivity index (χ0n) is 28.8. The van der Waals surface area contributed by atoms with Crippen molar-refractivity contribution in [1.82, 2.24) is 9.13 Å². The topological polar surface area (TPSA) is 9.86 Å². The third kappa shape index (κ3) is 3.43. The van der Waals surface area contributed by atoms with Crippen LogP contribution in [0.1, 0.15) is 49.9 Å². The second-order valence-corrected chi connectivity index (χ2v) is 15.4. The van der Waals surface area contributed by atoms with E-state index in [4.69, 9.17) is 0 Å². The van der Waals surface area contributed by atoms with Crippen LogP contribution in [0.4, 0.5) is 0 Å². The highest BCUT2D eigenvalue weighted by molar-refractivity contribution is 6.19. The molecule has 238 valence electrons. The highest BCUT2D eigenvalue weighted by Crippen LogP contribution is 2.51. The molecule has 2 aliphatic rings. The second-order valence-electron chi connectivity index (χ2n) is 15.4. The summed E-state index contributed by atoms with van der Waals surface area (Å²) in [5.41, 5.74) is 18.2. The van der Waals surface area contributed by atoms with Gasteiger partial charge in [-0.25, -0.2) is 0 Å². The van der Waals surface area contributed by atoms with E-state index in [1.165, 1.54) is 99.5 Å². The van der Waals surface area contributed by atoms with Gasteiger partial charge in [0.1, 0.15) is 0 Å². The molecule has 0 saturated heterocycles. The van der Waals surface area contributed by atoms with Crippen molar-refractivity contribution in [2.24, 2.45) is 0 Å². The molecular weight excluding hydrogens is 605 g/mol. The molecule has 7 aromatic carbocycles. The summed E-state index contributed by atoms with van der Waals surface area (Å²) in [5, 5.41) is 5.12. The highest BCUT2D eigenvalue weighted by atomic mass is 15.0. The number of nitrogens with zero attached hydrogens (tertiary/aromatic N) is 2. The van der Waals surface area contributed by atoms with E-state index < -0.39 is 0 Å². The molecule has 0 unspecified atom stereocenters. The van der Waals surface area contributed by atoms with Crippen molar-refractivity contribution < 1.29 is 0 Å². The molecule has 0 aliphatic heterocycles. The Bertz CT molecular complexity index is 2730. The van der Waals surface area contributed by atoms with E-state index in [-0.39, 0.29) is 10.8 Å². The summed E-state index contributed by atoms with van der Waals surface area (Å²) in [6, 6.07) is 54.7. The van der Waals surface area contributed by atoms with E-state index in [1.54, 1.807) is 0 Å². The number of hydrogen-bond acceptors (Lipinski definition) is 0. The third-order valence-electron chi connectivity index (χ3n) is 12.1. The molecule has 9 aromatic rings. The van der Waals surface area contributed by atoms with Gasteiger partial charge in [-0.2, -0.15) is 0 Å². The number of hydrogen-bond donors (Lipinski definition) is 0. The molecule has 0 bridgehead atoms. The molecule has 2 aliphatic carbocycles. The number of fused-ring (bicyclic) bond motifs is 12. The maximum atomic E-state index is 2.49. The summed E-state index contributed by atoms with van der Waals surface area (Å²) in [7, 11) is 0. The summed E-state index contributed by atoms with van der Waals surface area (Å²) >= 11 is 0. The first-order chi connectivity index (χ1) is 24.3. The lowest BCUT2D eigenvalue weighted by Gasteiger charge is -2.22. The van der Waals surface area contributed by atoms with Gasteiger partial charge in [-0.05, 0) is 93.0 Å². The van der Waals surface area contributed by atoms with Gasteiger partial charge < -0.3 is 9.13 Å². The molecule has 2 heteroatoms. The SMILES string of the molecule is CC1(C)c2ccccc2-c2ccc(-n3c4ccccc4c4cc5c6ccccc6n(-c6ccc7c(c6)C(C)(C)c6ccccc6-7)c5cc43)cc21. The van der Waals surface area contributed by atoms with Gasteiger partial charge in [0.2, 0.25) is 0 Å². The van der Waals surface area contributed by atoms with Crippen LogP contribution in [0.5, 0.6) is 0 Å². The van der Waals surface area contributed by atoms with E-state index in [9.17, 15) is 0 Å². The molecule has 0 N–H and O–H groups in total. The van der Waals surface area contributed by atoms with Crippen molar-refractivity contribution in [3.63, 3.8) is 0 Å². The Morgan fingerprint density at radius 1 is 0.320 bits per heavy atom. The fraction of sp³-hybridized carbons (Fsp3) is 0.125. The monoisotopic (exact) mass is 640 g/mol. The van der Waals surface area contributed by atoms with Crippen LogP contribution in [0, 0.1) is 0 Å².